The first-order chi connectivity index (χ1) is 7.75. The fraction of sp³-hybridized carbons (Fsp3) is 1.00. The van der Waals surface area contributed by atoms with Gasteiger partial charge in [0.15, 0.2) is 0 Å². The zero-order valence-corrected chi connectivity index (χ0v) is 13.2. The Balaban J connectivity index is 2.92. The Hall–Kier alpha value is 0.270. The summed E-state index contributed by atoms with van der Waals surface area (Å²) in [5.41, 5.74) is 6.65. The molecule has 0 radical (unpaired) electrons. The summed E-state index contributed by atoms with van der Waals surface area (Å²) in [6.45, 7) is 12.4. The monoisotopic (exact) mass is 258 g/mol. The average Bonchev–Trinajstić information content (AvgIpc) is 2.27. The Morgan fingerprint density at radius 1 is 1.47 bits per heavy atom. The van der Waals surface area contributed by atoms with E-state index in [1.807, 2.05) is 0 Å². The van der Waals surface area contributed by atoms with Crippen molar-refractivity contribution in [2.24, 2.45) is 11.1 Å². The van der Waals surface area contributed by atoms with Crippen LogP contribution in [0.5, 0.6) is 0 Å². The maximum absolute atomic E-state index is 6.16. The lowest BCUT2D eigenvalue weighted by Crippen LogP contribution is -2.63. The predicted octanol–water partition coefficient (Wildman–Crippen LogP) is 2.97. The molecule has 1 heterocycles. The van der Waals surface area contributed by atoms with Crippen molar-refractivity contribution in [2.75, 3.05) is 19.3 Å². The molecule has 3 atom stereocenters. The zero-order chi connectivity index (χ0) is 13.3. The Morgan fingerprint density at radius 2 is 2.06 bits per heavy atom. The first kappa shape index (κ1) is 15.3. The van der Waals surface area contributed by atoms with Crippen molar-refractivity contribution < 1.29 is 0 Å². The largest absolute Gasteiger partial charge is 0.329 e. The molecule has 1 aliphatic rings. The van der Waals surface area contributed by atoms with Crippen LogP contribution in [0.2, 0.25) is 0 Å². The average molecular weight is 258 g/mol. The van der Waals surface area contributed by atoms with Gasteiger partial charge in [0.2, 0.25) is 0 Å². The third-order valence-electron chi connectivity index (χ3n) is 4.77. The first-order valence-electron chi connectivity index (χ1n) is 6.80. The van der Waals surface area contributed by atoms with Crippen LogP contribution in [-0.4, -0.2) is 41.1 Å². The molecule has 1 aliphatic heterocycles. The number of nitrogens with zero attached hydrogens (tertiary/aromatic N) is 1. The van der Waals surface area contributed by atoms with Crippen molar-refractivity contribution in [1.29, 1.82) is 0 Å². The van der Waals surface area contributed by atoms with E-state index < -0.39 is 0 Å². The van der Waals surface area contributed by atoms with E-state index in [9.17, 15) is 0 Å². The fourth-order valence-corrected chi connectivity index (χ4v) is 4.19. The second-order valence-corrected chi connectivity index (χ2v) is 8.03. The number of hydrogen-bond donors (Lipinski definition) is 1. The Labute approximate surface area is 112 Å². The van der Waals surface area contributed by atoms with Gasteiger partial charge in [0.05, 0.1) is 0 Å². The maximum atomic E-state index is 6.16. The number of likely N-dealkylation sites (N-methyl/N-ethyl adjacent to an activating group) is 1. The number of rotatable bonds is 3. The van der Waals surface area contributed by atoms with Gasteiger partial charge in [0, 0.05) is 23.4 Å². The van der Waals surface area contributed by atoms with Crippen LogP contribution in [0.1, 0.15) is 47.5 Å². The summed E-state index contributed by atoms with van der Waals surface area (Å²) in [4.78, 5) is 2.56. The third-order valence-corrected chi connectivity index (χ3v) is 6.23. The molecule has 0 aromatic carbocycles. The molecule has 1 saturated heterocycles. The summed E-state index contributed by atoms with van der Waals surface area (Å²) >= 11 is 2.08. The van der Waals surface area contributed by atoms with Crippen LogP contribution >= 0.6 is 11.8 Å². The highest BCUT2D eigenvalue weighted by Crippen LogP contribution is 2.40. The van der Waals surface area contributed by atoms with Gasteiger partial charge in [-0.05, 0) is 38.0 Å². The van der Waals surface area contributed by atoms with Gasteiger partial charge in [-0.15, -0.1) is 0 Å². The molecular weight excluding hydrogens is 228 g/mol. The molecule has 0 bridgehead atoms. The van der Waals surface area contributed by atoms with E-state index in [2.05, 4.69) is 58.3 Å². The summed E-state index contributed by atoms with van der Waals surface area (Å²) in [7, 11) is 2.27. The van der Waals surface area contributed by atoms with E-state index in [1.165, 1.54) is 18.6 Å². The molecule has 2 nitrogen and oxygen atoms in total. The van der Waals surface area contributed by atoms with Crippen molar-refractivity contribution >= 4 is 11.8 Å². The van der Waals surface area contributed by atoms with Gasteiger partial charge in [0.25, 0.3) is 0 Å². The standard InChI is InChI=1S/C14H30N2S/c1-11(13(3,4)5)16(6)14(10-15)8-7-9-17-12(14)2/h11-12H,7-10,15H2,1-6H3. The molecule has 17 heavy (non-hydrogen) atoms. The van der Waals surface area contributed by atoms with Gasteiger partial charge < -0.3 is 5.73 Å². The SMILES string of the molecule is CC(N(C)C1(CN)CCCSC1C)C(C)(C)C. The molecule has 0 aromatic heterocycles. The molecule has 1 rings (SSSR count). The third kappa shape index (κ3) is 2.99. The summed E-state index contributed by atoms with van der Waals surface area (Å²) in [5, 5.41) is 0.635. The van der Waals surface area contributed by atoms with Gasteiger partial charge >= 0.3 is 0 Å². The van der Waals surface area contributed by atoms with Crippen LogP contribution in [0.25, 0.3) is 0 Å². The highest BCUT2D eigenvalue weighted by Gasteiger charge is 2.44. The van der Waals surface area contributed by atoms with Gasteiger partial charge in [-0.1, -0.05) is 27.7 Å². The molecule has 0 aromatic rings. The van der Waals surface area contributed by atoms with Crippen molar-refractivity contribution in [1.82, 2.24) is 4.90 Å². The van der Waals surface area contributed by atoms with Gasteiger partial charge in [-0.25, -0.2) is 0 Å². The van der Waals surface area contributed by atoms with Gasteiger partial charge in [-0.2, -0.15) is 11.8 Å². The van der Waals surface area contributed by atoms with Crippen LogP contribution in [0.15, 0.2) is 0 Å². The van der Waals surface area contributed by atoms with Crippen LogP contribution in [0, 0.1) is 5.41 Å². The van der Waals surface area contributed by atoms with Crippen LogP contribution in [-0.2, 0) is 0 Å². The highest BCUT2D eigenvalue weighted by molar-refractivity contribution is 8.00. The Morgan fingerprint density at radius 3 is 2.47 bits per heavy atom. The van der Waals surface area contributed by atoms with E-state index in [1.54, 1.807) is 0 Å². The number of thioether (sulfide) groups is 1. The van der Waals surface area contributed by atoms with Gasteiger partial charge in [0.1, 0.15) is 0 Å². The summed E-state index contributed by atoms with van der Waals surface area (Å²) in [6.07, 6.45) is 2.54. The molecule has 3 heteroatoms. The second-order valence-electron chi connectivity index (χ2n) is 6.58. The first-order valence-corrected chi connectivity index (χ1v) is 7.85. The highest BCUT2D eigenvalue weighted by atomic mass is 32.2. The van der Waals surface area contributed by atoms with E-state index in [4.69, 9.17) is 5.73 Å². The molecule has 0 aliphatic carbocycles. The quantitative estimate of drug-likeness (QED) is 0.844. The Kier molecular flexibility index (Phi) is 4.96. The molecule has 2 N–H and O–H groups in total. The summed E-state index contributed by atoms with van der Waals surface area (Å²) in [5.74, 6) is 1.29. The smallest absolute Gasteiger partial charge is 0.0447 e. The van der Waals surface area contributed by atoms with Crippen molar-refractivity contribution in [3.8, 4) is 0 Å². The van der Waals surface area contributed by atoms with Crippen LogP contribution < -0.4 is 5.73 Å². The maximum Gasteiger partial charge on any atom is 0.0447 e. The fourth-order valence-electron chi connectivity index (χ4n) is 2.84. The van der Waals surface area contributed by atoms with Gasteiger partial charge in [-0.3, -0.25) is 4.90 Å². The lowest BCUT2D eigenvalue weighted by molar-refractivity contribution is 0.0242. The number of hydrogen-bond acceptors (Lipinski definition) is 3. The van der Waals surface area contributed by atoms with E-state index in [0.717, 1.165) is 6.54 Å². The van der Waals surface area contributed by atoms with E-state index >= 15 is 0 Å². The second kappa shape index (κ2) is 5.50. The Bertz CT molecular complexity index is 249. The molecule has 1 fully saturated rings. The molecule has 102 valence electrons. The number of nitrogens with two attached hydrogens (primary N) is 1. The van der Waals surface area contributed by atoms with Crippen LogP contribution in [0.3, 0.4) is 0 Å². The van der Waals surface area contributed by atoms with E-state index in [0.29, 0.717) is 16.7 Å². The van der Waals surface area contributed by atoms with Crippen molar-refractivity contribution in [3.63, 3.8) is 0 Å². The van der Waals surface area contributed by atoms with Crippen LogP contribution in [0.4, 0.5) is 0 Å². The van der Waals surface area contributed by atoms with E-state index in [-0.39, 0.29) is 5.54 Å². The lowest BCUT2D eigenvalue weighted by Gasteiger charge is -2.53. The minimum atomic E-state index is 0.190. The lowest BCUT2D eigenvalue weighted by atomic mass is 9.80. The summed E-state index contributed by atoms with van der Waals surface area (Å²) < 4.78 is 0. The molecular formula is C14H30N2S. The van der Waals surface area contributed by atoms with Crippen molar-refractivity contribution in [2.45, 2.75) is 64.3 Å². The topological polar surface area (TPSA) is 29.3 Å². The van der Waals surface area contributed by atoms with Crippen molar-refractivity contribution in [3.05, 3.63) is 0 Å². The molecule has 3 unspecified atom stereocenters. The minimum absolute atomic E-state index is 0.190. The minimum Gasteiger partial charge on any atom is -0.329 e. The normalized spacial score (nSPS) is 32.8. The molecule has 0 amide bonds. The zero-order valence-electron chi connectivity index (χ0n) is 12.4. The summed E-state index contributed by atoms with van der Waals surface area (Å²) in [6, 6.07) is 0.548. The molecule has 0 saturated carbocycles. The predicted molar refractivity (Wildman–Crippen MR) is 79.6 cm³/mol. The molecule has 0 spiro atoms.